The lowest BCUT2D eigenvalue weighted by atomic mass is 9.97. The van der Waals surface area contributed by atoms with Crippen molar-refractivity contribution >= 4 is 16.7 Å². The van der Waals surface area contributed by atoms with E-state index in [2.05, 4.69) is 24.3 Å². The van der Waals surface area contributed by atoms with E-state index < -0.39 is 6.10 Å². The molecule has 35 heavy (non-hydrogen) atoms. The van der Waals surface area contributed by atoms with Crippen molar-refractivity contribution in [3.63, 3.8) is 0 Å². The second-order valence-electron chi connectivity index (χ2n) is 9.31. The molecule has 1 aromatic heterocycles. The molecule has 2 heterocycles. The van der Waals surface area contributed by atoms with Crippen molar-refractivity contribution in [2.45, 2.75) is 63.6 Å². The number of esters is 1. The van der Waals surface area contributed by atoms with Crippen molar-refractivity contribution in [3.05, 3.63) is 102 Å². The maximum Gasteiger partial charge on any atom is 0.343 e. The molecule has 0 spiro atoms. The average Bonchev–Trinajstić information content (AvgIpc) is 3.52. The molecule has 4 aromatic rings. The van der Waals surface area contributed by atoms with Crippen LogP contribution in [0.1, 0.15) is 61.5 Å². The third-order valence-corrected chi connectivity index (χ3v) is 6.72. The van der Waals surface area contributed by atoms with E-state index in [0.717, 1.165) is 41.4 Å². The number of benzene rings is 3. The Morgan fingerprint density at radius 3 is 2.31 bits per heavy atom. The van der Waals surface area contributed by atoms with Gasteiger partial charge in [0.15, 0.2) is 6.10 Å². The molecular weight excluding hydrogens is 436 g/mol. The van der Waals surface area contributed by atoms with E-state index in [1.807, 2.05) is 54.6 Å². The van der Waals surface area contributed by atoms with Crippen molar-refractivity contribution in [3.8, 4) is 5.75 Å². The zero-order chi connectivity index (χ0) is 23.9. The van der Waals surface area contributed by atoms with Gasteiger partial charge in [-0.15, -0.1) is 0 Å². The van der Waals surface area contributed by atoms with Crippen LogP contribution in [0.4, 0.5) is 0 Å². The SMILES string of the molecule is O=C(Oc1ccc2ccccc2c1)[C@@H]1O[C@H]1c1ccccc1CCCCCCCCc1ccco1. The molecule has 0 N–H and O–H groups in total. The Morgan fingerprint density at radius 1 is 0.743 bits per heavy atom. The van der Waals surface area contributed by atoms with E-state index >= 15 is 0 Å². The van der Waals surface area contributed by atoms with Gasteiger partial charge >= 0.3 is 5.97 Å². The Morgan fingerprint density at radius 2 is 1.49 bits per heavy atom. The van der Waals surface area contributed by atoms with Gasteiger partial charge in [0.2, 0.25) is 0 Å². The fraction of sp³-hybridized carbons (Fsp3) is 0.323. The lowest BCUT2D eigenvalue weighted by molar-refractivity contribution is -0.135. The molecule has 4 nitrogen and oxygen atoms in total. The first kappa shape index (κ1) is 23.4. The Hall–Kier alpha value is -3.37. The molecule has 1 saturated heterocycles. The second-order valence-corrected chi connectivity index (χ2v) is 9.31. The minimum Gasteiger partial charge on any atom is -0.469 e. The first-order valence-corrected chi connectivity index (χ1v) is 12.7. The van der Waals surface area contributed by atoms with Gasteiger partial charge in [0.1, 0.15) is 17.6 Å². The summed E-state index contributed by atoms with van der Waals surface area (Å²) in [6.45, 7) is 0. The number of carbonyl (C=O) groups excluding carboxylic acids is 1. The molecule has 0 saturated carbocycles. The second kappa shape index (κ2) is 11.4. The summed E-state index contributed by atoms with van der Waals surface area (Å²) in [7, 11) is 0. The number of epoxide rings is 1. The predicted molar refractivity (Wildman–Crippen MR) is 137 cm³/mol. The van der Waals surface area contributed by atoms with Crippen LogP contribution in [0.3, 0.4) is 0 Å². The molecule has 5 rings (SSSR count). The molecule has 4 heteroatoms. The monoisotopic (exact) mass is 468 g/mol. The zero-order valence-corrected chi connectivity index (χ0v) is 20.0. The molecule has 0 bridgehead atoms. The Balaban J connectivity index is 1.06. The van der Waals surface area contributed by atoms with Gasteiger partial charge in [-0.1, -0.05) is 80.3 Å². The largest absolute Gasteiger partial charge is 0.469 e. The summed E-state index contributed by atoms with van der Waals surface area (Å²) in [5, 5.41) is 2.17. The van der Waals surface area contributed by atoms with Crippen molar-refractivity contribution in [2.75, 3.05) is 0 Å². The van der Waals surface area contributed by atoms with E-state index in [4.69, 9.17) is 13.9 Å². The Bertz CT molecular complexity index is 1240. The smallest absolute Gasteiger partial charge is 0.343 e. The van der Waals surface area contributed by atoms with Crippen molar-refractivity contribution in [2.24, 2.45) is 0 Å². The van der Waals surface area contributed by atoms with Gasteiger partial charge in [-0.25, -0.2) is 4.79 Å². The van der Waals surface area contributed by atoms with E-state index in [9.17, 15) is 4.79 Å². The van der Waals surface area contributed by atoms with Crippen LogP contribution in [0.5, 0.6) is 5.75 Å². The summed E-state index contributed by atoms with van der Waals surface area (Å²) >= 11 is 0. The molecule has 1 aliphatic rings. The molecule has 0 unspecified atom stereocenters. The van der Waals surface area contributed by atoms with Crippen molar-refractivity contribution in [1.29, 1.82) is 0 Å². The summed E-state index contributed by atoms with van der Waals surface area (Å²) in [6, 6.07) is 26.1. The first-order chi connectivity index (χ1) is 17.3. The third-order valence-electron chi connectivity index (χ3n) is 6.72. The van der Waals surface area contributed by atoms with E-state index in [1.54, 1.807) is 6.26 Å². The van der Waals surface area contributed by atoms with Crippen LogP contribution >= 0.6 is 0 Å². The van der Waals surface area contributed by atoms with Gasteiger partial charge in [0.05, 0.1) is 6.26 Å². The number of carbonyl (C=O) groups is 1. The number of hydrogen-bond donors (Lipinski definition) is 0. The quantitative estimate of drug-likeness (QED) is 0.0929. The number of rotatable bonds is 12. The summed E-state index contributed by atoms with van der Waals surface area (Å²) in [5.41, 5.74) is 2.39. The van der Waals surface area contributed by atoms with Crippen LogP contribution in [0, 0.1) is 0 Å². The summed E-state index contributed by atoms with van der Waals surface area (Å²) in [5.74, 6) is 1.32. The third kappa shape index (κ3) is 6.20. The molecule has 0 aliphatic carbocycles. The normalized spacial score (nSPS) is 16.9. The highest BCUT2D eigenvalue weighted by molar-refractivity contribution is 5.86. The number of furan rings is 1. The molecule has 3 aromatic carbocycles. The maximum atomic E-state index is 12.7. The standard InChI is InChI=1S/C31H32O4/c32-31(34-27-20-19-23-12-7-8-15-25(23)22-27)30-29(35-30)28-18-10-9-14-24(28)13-5-3-1-2-4-6-16-26-17-11-21-33-26/h7-12,14-15,17-22,29-30H,1-6,13,16H2/t29-,30+/m0/s1. The van der Waals surface area contributed by atoms with Gasteiger partial charge < -0.3 is 13.9 Å². The highest BCUT2D eigenvalue weighted by Gasteiger charge is 2.48. The molecule has 0 radical (unpaired) electrons. The molecule has 0 amide bonds. The molecule has 1 aliphatic heterocycles. The minimum absolute atomic E-state index is 0.208. The van der Waals surface area contributed by atoms with E-state index in [1.165, 1.54) is 37.7 Å². The van der Waals surface area contributed by atoms with Crippen LogP contribution < -0.4 is 4.74 Å². The summed E-state index contributed by atoms with van der Waals surface area (Å²) in [4.78, 5) is 12.7. The number of fused-ring (bicyclic) bond motifs is 1. The highest BCUT2D eigenvalue weighted by atomic mass is 16.6. The number of hydrogen-bond acceptors (Lipinski definition) is 4. The van der Waals surface area contributed by atoms with Crippen LogP contribution in [0.25, 0.3) is 10.8 Å². The minimum atomic E-state index is -0.531. The molecule has 180 valence electrons. The summed E-state index contributed by atoms with van der Waals surface area (Å²) in [6.07, 6.45) is 10.4. The lowest BCUT2D eigenvalue weighted by Crippen LogP contribution is -2.15. The van der Waals surface area contributed by atoms with Gasteiger partial charge in [0.25, 0.3) is 0 Å². The van der Waals surface area contributed by atoms with Crippen molar-refractivity contribution in [1.82, 2.24) is 0 Å². The Kier molecular flexibility index (Phi) is 7.59. The van der Waals surface area contributed by atoms with Gasteiger partial charge in [-0.05, 0) is 65.4 Å². The molecular formula is C31H32O4. The molecule has 1 fully saturated rings. The van der Waals surface area contributed by atoms with E-state index in [-0.39, 0.29) is 12.1 Å². The van der Waals surface area contributed by atoms with Crippen LogP contribution in [-0.4, -0.2) is 12.1 Å². The average molecular weight is 469 g/mol. The number of ether oxygens (including phenoxy) is 2. The summed E-state index contributed by atoms with van der Waals surface area (Å²) < 4.78 is 16.8. The highest BCUT2D eigenvalue weighted by Crippen LogP contribution is 2.41. The lowest BCUT2D eigenvalue weighted by Gasteiger charge is -2.08. The first-order valence-electron chi connectivity index (χ1n) is 12.7. The van der Waals surface area contributed by atoms with Gasteiger partial charge in [-0.2, -0.15) is 0 Å². The van der Waals surface area contributed by atoms with Gasteiger partial charge in [0, 0.05) is 6.42 Å². The number of unbranched alkanes of at least 4 members (excludes halogenated alkanes) is 5. The topological polar surface area (TPSA) is 52.0 Å². The van der Waals surface area contributed by atoms with Crippen LogP contribution in [-0.2, 0) is 22.4 Å². The fourth-order valence-electron chi connectivity index (χ4n) is 4.75. The number of aryl methyl sites for hydroxylation is 2. The predicted octanol–water partition coefficient (Wildman–Crippen LogP) is 7.60. The Labute approximate surface area is 206 Å². The molecule has 2 atom stereocenters. The fourth-order valence-corrected chi connectivity index (χ4v) is 4.75. The van der Waals surface area contributed by atoms with E-state index in [0.29, 0.717) is 5.75 Å². The van der Waals surface area contributed by atoms with Crippen LogP contribution in [0.15, 0.2) is 89.5 Å². The van der Waals surface area contributed by atoms with Crippen molar-refractivity contribution < 1.29 is 18.7 Å². The van der Waals surface area contributed by atoms with Gasteiger partial charge in [-0.3, -0.25) is 0 Å². The maximum absolute atomic E-state index is 12.7. The zero-order valence-electron chi connectivity index (χ0n) is 20.0. The van der Waals surface area contributed by atoms with Crippen LogP contribution in [0.2, 0.25) is 0 Å².